The number of nitrogens with one attached hydrogen (secondary N) is 2. The third kappa shape index (κ3) is 13.3. The fourth-order valence-electron chi connectivity index (χ4n) is 3.81. The molecule has 0 aliphatic heterocycles. The molecule has 0 aromatic heterocycles. The van der Waals surface area contributed by atoms with Crippen LogP contribution in [0.4, 0.5) is 0 Å². The van der Waals surface area contributed by atoms with Crippen molar-refractivity contribution in [3.8, 4) is 12.3 Å². The number of rotatable bonds is 18. The smallest absolute Gasteiger partial charge is 0.166 e. The first-order valence-corrected chi connectivity index (χ1v) is 12.8. The first-order valence-electron chi connectivity index (χ1n) is 12.8. The van der Waals surface area contributed by atoms with Gasteiger partial charge in [-0.3, -0.25) is 4.90 Å². The second kappa shape index (κ2) is 18.9. The number of nitrogens with zero attached hydrogens (tertiary/aromatic N) is 1. The minimum absolute atomic E-state index is 0.0928. The van der Waals surface area contributed by atoms with E-state index in [1.165, 1.54) is 43.8 Å². The Labute approximate surface area is 210 Å². The van der Waals surface area contributed by atoms with Crippen LogP contribution in [0.15, 0.2) is 59.2 Å². The molecular weight excluding hydrogens is 420 g/mol. The number of allylic oxidation sites excluding steroid dienone is 4. The summed E-state index contributed by atoms with van der Waals surface area (Å²) in [5.41, 5.74) is 9.72. The van der Waals surface area contributed by atoms with E-state index in [2.05, 4.69) is 68.7 Å². The summed E-state index contributed by atoms with van der Waals surface area (Å²) in [5.74, 6) is 2.09. The van der Waals surface area contributed by atoms with Gasteiger partial charge in [-0.05, 0) is 58.6 Å². The predicted octanol–water partition coefficient (Wildman–Crippen LogP) is 5.56. The molecule has 0 aliphatic carbocycles. The van der Waals surface area contributed by atoms with Gasteiger partial charge in [0.25, 0.3) is 0 Å². The number of hydrogen-bond donors (Lipinski definition) is 4. The number of terminal acetylenes is 1. The molecule has 5 heteroatoms. The summed E-state index contributed by atoms with van der Waals surface area (Å²) >= 11 is 0. The highest BCUT2D eigenvalue weighted by Gasteiger charge is 2.16. The van der Waals surface area contributed by atoms with Gasteiger partial charge in [-0.2, -0.15) is 0 Å². The van der Waals surface area contributed by atoms with Crippen molar-refractivity contribution in [1.29, 1.82) is 0 Å². The molecule has 0 aliphatic rings. The van der Waals surface area contributed by atoms with Gasteiger partial charge in [0.1, 0.15) is 0 Å². The van der Waals surface area contributed by atoms with E-state index >= 15 is 0 Å². The van der Waals surface area contributed by atoms with Crippen molar-refractivity contribution in [1.82, 2.24) is 15.5 Å². The molecule has 0 aromatic rings. The molecule has 34 heavy (non-hydrogen) atoms. The van der Waals surface area contributed by atoms with E-state index in [9.17, 15) is 5.11 Å². The highest BCUT2D eigenvalue weighted by Crippen LogP contribution is 2.15. The van der Waals surface area contributed by atoms with E-state index in [4.69, 9.17) is 12.2 Å². The molecule has 1 unspecified atom stereocenters. The van der Waals surface area contributed by atoms with Gasteiger partial charge in [-0.25, -0.2) is 0 Å². The van der Waals surface area contributed by atoms with E-state index in [0.717, 1.165) is 36.5 Å². The summed E-state index contributed by atoms with van der Waals surface area (Å²) in [4.78, 5) is 2.66. The molecule has 5 N–H and O–H groups in total. The molecule has 5 nitrogen and oxygen atoms in total. The van der Waals surface area contributed by atoms with Gasteiger partial charge in [0.15, 0.2) is 5.76 Å². The summed E-state index contributed by atoms with van der Waals surface area (Å²) in [6.07, 6.45) is 18.3. The normalized spacial score (nSPS) is 14.4. The number of aliphatic hydroxyl groups excluding tert-OH is 1. The van der Waals surface area contributed by atoms with Crippen LogP contribution >= 0.6 is 0 Å². The first kappa shape index (κ1) is 31.6. The highest BCUT2D eigenvalue weighted by atomic mass is 16.3. The van der Waals surface area contributed by atoms with Crippen LogP contribution in [-0.2, 0) is 0 Å². The van der Waals surface area contributed by atoms with Crippen LogP contribution in [0.2, 0.25) is 0 Å². The van der Waals surface area contributed by atoms with Crippen LogP contribution in [0.25, 0.3) is 0 Å². The Morgan fingerprint density at radius 2 is 1.76 bits per heavy atom. The molecule has 0 bridgehead atoms. The van der Waals surface area contributed by atoms with Crippen molar-refractivity contribution in [2.75, 3.05) is 26.2 Å². The second-order valence-corrected chi connectivity index (χ2v) is 8.99. The number of nitrogens with two attached hydrogens (primary N) is 1. The van der Waals surface area contributed by atoms with Crippen molar-refractivity contribution in [2.45, 2.75) is 85.7 Å². The van der Waals surface area contributed by atoms with Crippen LogP contribution in [0, 0.1) is 12.3 Å². The first-order chi connectivity index (χ1) is 16.2. The van der Waals surface area contributed by atoms with E-state index in [1.807, 2.05) is 6.92 Å². The molecule has 0 saturated heterocycles. The monoisotopic (exact) mass is 470 g/mol. The average Bonchev–Trinajstić information content (AvgIpc) is 2.83. The zero-order chi connectivity index (χ0) is 25.9. The summed E-state index contributed by atoms with van der Waals surface area (Å²) in [5, 5.41) is 16.3. The van der Waals surface area contributed by atoms with Crippen molar-refractivity contribution in [2.24, 2.45) is 5.73 Å². The summed E-state index contributed by atoms with van der Waals surface area (Å²) in [6, 6.07) is 0.925. The fourth-order valence-corrected chi connectivity index (χ4v) is 3.81. The van der Waals surface area contributed by atoms with E-state index in [0.29, 0.717) is 12.6 Å². The van der Waals surface area contributed by atoms with E-state index in [1.54, 1.807) is 12.3 Å². The molecule has 192 valence electrons. The van der Waals surface area contributed by atoms with Crippen molar-refractivity contribution < 1.29 is 5.11 Å². The minimum atomic E-state index is -0.0928. The summed E-state index contributed by atoms with van der Waals surface area (Å²) in [7, 11) is 0. The SMILES string of the molecule is C#C/C(O)=C\C=C(/C)CNC(=C)C(=CN)/C=C(/C)C(C)NCCN(CCC)C(CCC)CCC. The van der Waals surface area contributed by atoms with Crippen LogP contribution in [-0.4, -0.2) is 48.3 Å². The highest BCUT2D eigenvalue weighted by molar-refractivity contribution is 5.39. The number of hydrogen-bond acceptors (Lipinski definition) is 5. The Kier molecular flexibility index (Phi) is 17.6. The average molecular weight is 471 g/mol. The van der Waals surface area contributed by atoms with Crippen molar-refractivity contribution in [3.63, 3.8) is 0 Å². The maximum Gasteiger partial charge on any atom is 0.166 e. The Hall–Kier alpha value is -2.42. The summed E-state index contributed by atoms with van der Waals surface area (Å²) < 4.78 is 0. The zero-order valence-corrected chi connectivity index (χ0v) is 22.6. The lowest BCUT2D eigenvalue weighted by Gasteiger charge is -2.32. The fraction of sp³-hybridized carbons (Fsp3) is 0.586. The predicted molar refractivity (Wildman–Crippen MR) is 149 cm³/mol. The topological polar surface area (TPSA) is 73.5 Å². The molecule has 0 rings (SSSR count). The van der Waals surface area contributed by atoms with Crippen LogP contribution in [0.5, 0.6) is 0 Å². The molecule has 0 heterocycles. The van der Waals surface area contributed by atoms with Crippen LogP contribution in [0.3, 0.4) is 0 Å². The van der Waals surface area contributed by atoms with Gasteiger partial charge in [0, 0.05) is 49.2 Å². The zero-order valence-electron chi connectivity index (χ0n) is 22.6. The van der Waals surface area contributed by atoms with Gasteiger partial charge >= 0.3 is 0 Å². The molecule has 0 saturated carbocycles. The standard InChI is InChI=1S/C29H50N4O/c1-9-13-28(14-10-2)33(18-11-3)19-17-31-25(7)24(6)20-27(21-30)26(8)32-22-23(5)15-16-29(34)12-4/h4,15-16,20-21,25,28,31-32,34H,8-11,13-14,17-19,22,30H2,1-3,5-7H3/b23-15+,24-20-,27-21?,29-16+. The molecule has 0 radical (unpaired) electrons. The third-order valence-corrected chi connectivity index (χ3v) is 5.97. The molecule has 0 spiro atoms. The van der Waals surface area contributed by atoms with Gasteiger partial charge in [-0.1, -0.05) is 63.5 Å². The van der Waals surface area contributed by atoms with Crippen LogP contribution < -0.4 is 16.4 Å². The Morgan fingerprint density at radius 3 is 2.29 bits per heavy atom. The Morgan fingerprint density at radius 1 is 1.12 bits per heavy atom. The lowest BCUT2D eigenvalue weighted by molar-refractivity contribution is 0.175. The van der Waals surface area contributed by atoms with E-state index in [-0.39, 0.29) is 11.8 Å². The molecule has 0 amide bonds. The molecule has 1 atom stereocenters. The Balaban J connectivity index is 4.90. The Bertz CT molecular complexity index is 749. The molecule has 0 aromatic carbocycles. The number of aliphatic hydroxyl groups is 1. The molecular formula is C29H50N4O. The van der Waals surface area contributed by atoms with Crippen molar-refractivity contribution in [3.05, 3.63) is 59.2 Å². The maximum absolute atomic E-state index is 9.36. The van der Waals surface area contributed by atoms with E-state index < -0.39 is 0 Å². The van der Waals surface area contributed by atoms with Gasteiger partial charge in [-0.15, -0.1) is 6.42 Å². The molecule has 0 fully saturated rings. The maximum atomic E-state index is 9.36. The van der Waals surface area contributed by atoms with Gasteiger partial charge < -0.3 is 21.5 Å². The van der Waals surface area contributed by atoms with Gasteiger partial charge in [0.2, 0.25) is 0 Å². The lowest BCUT2D eigenvalue weighted by Crippen LogP contribution is -2.42. The summed E-state index contributed by atoms with van der Waals surface area (Å²) in [6.45, 7) is 21.0. The van der Waals surface area contributed by atoms with Gasteiger partial charge in [0.05, 0.1) is 0 Å². The second-order valence-electron chi connectivity index (χ2n) is 8.99. The van der Waals surface area contributed by atoms with Crippen molar-refractivity contribution >= 4 is 0 Å². The van der Waals surface area contributed by atoms with Crippen LogP contribution in [0.1, 0.15) is 73.6 Å². The minimum Gasteiger partial charge on any atom is -0.501 e. The third-order valence-electron chi connectivity index (χ3n) is 5.97. The quantitative estimate of drug-likeness (QED) is 0.120. The largest absolute Gasteiger partial charge is 0.501 e. The lowest BCUT2D eigenvalue weighted by atomic mass is 10.0.